The molecule has 0 bridgehead atoms. The molecule has 3 aromatic carbocycles. The number of carbonyl (C=O) groups is 2. The summed E-state index contributed by atoms with van der Waals surface area (Å²) in [4.78, 5) is 36.0. The van der Waals surface area contributed by atoms with E-state index in [0.29, 0.717) is 17.0 Å². The second-order valence-electron chi connectivity index (χ2n) is 9.12. The van der Waals surface area contributed by atoms with Crippen molar-refractivity contribution >= 4 is 39.9 Å². The number of aromatic nitrogens is 1. The largest absolute Gasteiger partial charge is 0.465 e. The van der Waals surface area contributed by atoms with E-state index in [2.05, 4.69) is 41.2 Å². The van der Waals surface area contributed by atoms with Gasteiger partial charge in [-0.05, 0) is 72.2 Å². The van der Waals surface area contributed by atoms with Crippen molar-refractivity contribution in [1.29, 1.82) is 0 Å². The summed E-state index contributed by atoms with van der Waals surface area (Å²) in [6.07, 6.45) is 1.89. The van der Waals surface area contributed by atoms with E-state index in [1.807, 2.05) is 48.7 Å². The first kappa shape index (κ1) is 24.5. The van der Waals surface area contributed by atoms with Crippen molar-refractivity contribution < 1.29 is 14.3 Å². The highest BCUT2D eigenvalue weighted by atomic mass is 16.5. The molecule has 188 valence electrons. The maximum Gasteiger partial charge on any atom is 0.337 e. The molecular formula is C30H30N4O3. The molecule has 7 nitrogen and oxygen atoms in total. The van der Waals surface area contributed by atoms with Gasteiger partial charge >= 0.3 is 5.97 Å². The number of amides is 1. The van der Waals surface area contributed by atoms with Crippen molar-refractivity contribution in [3.8, 4) is 0 Å². The summed E-state index contributed by atoms with van der Waals surface area (Å²) in [7, 11) is 1.34. The number of esters is 1. The van der Waals surface area contributed by atoms with Crippen molar-refractivity contribution in [2.45, 2.75) is 26.3 Å². The molecule has 0 spiro atoms. The summed E-state index contributed by atoms with van der Waals surface area (Å²) < 4.78 is 4.85. The highest BCUT2D eigenvalue weighted by Crippen LogP contribution is 2.37. The number of nitrogens with one attached hydrogen (secondary N) is 2. The predicted octanol–water partition coefficient (Wildman–Crippen LogP) is 5.65. The van der Waals surface area contributed by atoms with Crippen molar-refractivity contribution in [3.63, 3.8) is 0 Å². The van der Waals surface area contributed by atoms with Crippen LogP contribution in [0.2, 0.25) is 0 Å². The fourth-order valence-corrected chi connectivity index (χ4v) is 4.81. The molecule has 1 aliphatic rings. The van der Waals surface area contributed by atoms with Gasteiger partial charge in [0.15, 0.2) is 0 Å². The highest BCUT2D eigenvalue weighted by molar-refractivity contribution is 6.24. The van der Waals surface area contributed by atoms with Crippen LogP contribution in [0.5, 0.6) is 0 Å². The number of benzene rings is 3. The van der Waals surface area contributed by atoms with Gasteiger partial charge in [-0.25, -0.2) is 4.79 Å². The van der Waals surface area contributed by atoms with Crippen LogP contribution in [0.3, 0.4) is 0 Å². The summed E-state index contributed by atoms with van der Waals surface area (Å²) >= 11 is 0. The lowest BCUT2D eigenvalue weighted by Gasteiger charge is -2.18. The van der Waals surface area contributed by atoms with Crippen molar-refractivity contribution in [1.82, 2.24) is 9.88 Å². The van der Waals surface area contributed by atoms with E-state index in [-0.39, 0.29) is 5.91 Å². The van der Waals surface area contributed by atoms with E-state index in [0.717, 1.165) is 47.4 Å². The number of ether oxygens (including phenoxy) is 1. The van der Waals surface area contributed by atoms with E-state index in [1.54, 1.807) is 12.1 Å². The molecule has 0 radical (unpaired) electrons. The minimum Gasteiger partial charge on any atom is -0.465 e. The van der Waals surface area contributed by atoms with Crippen LogP contribution < -0.4 is 5.32 Å². The molecule has 2 N–H and O–H groups in total. The van der Waals surface area contributed by atoms with Crippen LogP contribution in [-0.2, 0) is 16.1 Å². The average Bonchev–Trinajstić information content (AvgIpc) is 3.53. The maximum absolute atomic E-state index is 13.3. The molecule has 0 aliphatic carbocycles. The smallest absolute Gasteiger partial charge is 0.337 e. The molecule has 0 saturated carbocycles. The third-order valence-corrected chi connectivity index (χ3v) is 6.91. The molecule has 1 atom stereocenters. The van der Waals surface area contributed by atoms with Crippen molar-refractivity contribution in [2.75, 3.05) is 25.5 Å². The second-order valence-corrected chi connectivity index (χ2v) is 9.12. The van der Waals surface area contributed by atoms with E-state index in [9.17, 15) is 9.59 Å². The van der Waals surface area contributed by atoms with Gasteiger partial charge in [-0.3, -0.25) is 14.7 Å². The van der Waals surface area contributed by atoms with Gasteiger partial charge in [-0.1, -0.05) is 38.1 Å². The Hall–Kier alpha value is -4.23. The van der Waals surface area contributed by atoms with E-state index in [1.165, 1.54) is 12.7 Å². The zero-order valence-electron chi connectivity index (χ0n) is 21.2. The zero-order chi connectivity index (χ0) is 25.9. The van der Waals surface area contributed by atoms with Crippen LogP contribution in [-0.4, -0.2) is 47.7 Å². The molecule has 7 heteroatoms. The molecule has 1 unspecified atom stereocenters. The number of aromatic amines is 1. The number of hydrogen-bond acceptors (Lipinski definition) is 5. The molecule has 4 aromatic rings. The first-order chi connectivity index (χ1) is 18.0. The quantitative estimate of drug-likeness (QED) is 0.245. The molecule has 0 saturated heterocycles. The highest BCUT2D eigenvalue weighted by Gasteiger charge is 2.36. The third kappa shape index (κ3) is 4.90. The maximum atomic E-state index is 13.3. The number of anilines is 1. The first-order valence-electron chi connectivity index (χ1n) is 12.5. The summed E-state index contributed by atoms with van der Waals surface area (Å²) in [6, 6.07) is 21.4. The molecular weight excluding hydrogens is 464 g/mol. The third-order valence-electron chi connectivity index (χ3n) is 6.91. The second kappa shape index (κ2) is 10.4. The number of hydrogen-bond donors (Lipinski definition) is 2. The number of methoxy groups -OCH3 is 1. The Kier molecular flexibility index (Phi) is 6.88. The number of nitrogens with zero attached hydrogens (tertiary/aromatic N) is 2. The molecule has 5 rings (SSSR count). The summed E-state index contributed by atoms with van der Waals surface area (Å²) in [5.41, 5.74) is 6.30. The first-order valence-corrected chi connectivity index (χ1v) is 12.5. The number of aliphatic imine (C=N–C) groups is 1. The Morgan fingerprint density at radius 1 is 0.973 bits per heavy atom. The molecule has 1 aromatic heterocycles. The van der Waals surface area contributed by atoms with Crippen LogP contribution in [0.25, 0.3) is 10.9 Å². The molecule has 0 fully saturated rings. The average molecular weight is 495 g/mol. The number of rotatable bonds is 8. The van der Waals surface area contributed by atoms with E-state index < -0.39 is 11.9 Å². The van der Waals surface area contributed by atoms with Crippen LogP contribution in [0, 0.1) is 0 Å². The van der Waals surface area contributed by atoms with Gasteiger partial charge in [0.05, 0.1) is 24.1 Å². The van der Waals surface area contributed by atoms with Crippen LogP contribution in [0.4, 0.5) is 11.4 Å². The standard InChI is InChI=1S/C30H30N4O3/c1-4-34(5-2)18-19-6-10-23(11-7-19)32-28(21-9-13-25-20(16-21)14-15-31-25)27-24-12-8-22(30(36)37-3)17-26(24)33-29(27)35/h6-17,27,31H,4-5,18H2,1-3H3,(H,33,35). The topological polar surface area (TPSA) is 86.8 Å². The molecule has 2 heterocycles. The van der Waals surface area contributed by atoms with Crippen molar-refractivity contribution in [2.24, 2.45) is 4.99 Å². The lowest BCUT2D eigenvalue weighted by molar-refractivity contribution is -0.115. The summed E-state index contributed by atoms with van der Waals surface area (Å²) in [5.74, 6) is -1.24. The van der Waals surface area contributed by atoms with Gasteiger partial charge in [0.2, 0.25) is 5.91 Å². The Balaban J connectivity index is 1.57. The van der Waals surface area contributed by atoms with E-state index >= 15 is 0 Å². The van der Waals surface area contributed by atoms with Gasteiger partial charge in [-0.15, -0.1) is 0 Å². The normalized spacial score (nSPS) is 15.2. The molecule has 1 amide bonds. The van der Waals surface area contributed by atoms with E-state index in [4.69, 9.17) is 9.73 Å². The Morgan fingerprint density at radius 2 is 1.73 bits per heavy atom. The van der Waals surface area contributed by atoms with Gasteiger partial charge in [0.25, 0.3) is 0 Å². The lowest BCUT2D eigenvalue weighted by Crippen LogP contribution is -2.22. The summed E-state index contributed by atoms with van der Waals surface area (Å²) in [6.45, 7) is 7.20. The van der Waals surface area contributed by atoms with Crippen LogP contribution >= 0.6 is 0 Å². The molecule has 1 aliphatic heterocycles. The van der Waals surface area contributed by atoms with Gasteiger partial charge in [0, 0.05) is 29.3 Å². The Bertz CT molecular complexity index is 1480. The van der Waals surface area contributed by atoms with Crippen LogP contribution in [0.1, 0.15) is 46.8 Å². The van der Waals surface area contributed by atoms with Gasteiger partial charge in [-0.2, -0.15) is 0 Å². The van der Waals surface area contributed by atoms with Crippen LogP contribution in [0.15, 0.2) is 77.9 Å². The van der Waals surface area contributed by atoms with Gasteiger partial charge < -0.3 is 15.0 Å². The minimum absolute atomic E-state index is 0.178. The Labute approximate surface area is 216 Å². The predicted molar refractivity (Wildman–Crippen MR) is 147 cm³/mol. The molecule has 37 heavy (non-hydrogen) atoms. The van der Waals surface area contributed by atoms with Gasteiger partial charge in [0.1, 0.15) is 5.92 Å². The number of H-pyrrole nitrogens is 1. The monoisotopic (exact) mass is 494 g/mol. The number of carbonyl (C=O) groups excluding carboxylic acids is 2. The fraction of sp³-hybridized carbons (Fsp3) is 0.233. The number of fused-ring (bicyclic) bond motifs is 2. The van der Waals surface area contributed by atoms with Crippen molar-refractivity contribution in [3.05, 3.63) is 95.2 Å². The summed E-state index contributed by atoms with van der Waals surface area (Å²) in [5, 5.41) is 3.98. The zero-order valence-corrected chi connectivity index (χ0v) is 21.2. The lowest BCUT2D eigenvalue weighted by atomic mass is 9.89. The minimum atomic E-state index is -0.617. The Morgan fingerprint density at radius 3 is 2.46 bits per heavy atom. The SMILES string of the molecule is CCN(CC)Cc1ccc(N=C(c2ccc3[nH]ccc3c2)C2C(=O)Nc3cc(C(=O)OC)ccc32)cc1. The fourth-order valence-electron chi connectivity index (χ4n) is 4.81.